The van der Waals surface area contributed by atoms with E-state index in [1.807, 2.05) is 37.3 Å². The SMILES string of the molecule is CC1CC(COC(=O)OCc2ccccc2)OC1O. The molecule has 104 valence electrons. The number of benzene rings is 1. The monoisotopic (exact) mass is 266 g/mol. The average molecular weight is 266 g/mol. The van der Waals surface area contributed by atoms with Crippen molar-refractivity contribution in [3.63, 3.8) is 0 Å². The van der Waals surface area contributed by atoms with Crippen LogP contribution in [0.2, 0.25) is 0 Å². The quantitative estimate of drug-likeness (QED) is 0.845. The number of aliphatic hydroxyl groups is 1. The highest BCUT2D eigenvalue weighted by Crippen LogP contribution is 2.24. The van der Waals surface area contributed by atoms with Crippen LogP contribution in [0.4, 0.5) is 4.79 Å². The summed E-state index contributed by atoms with van der Waals surface area (Å²) in [7, 11) is 0. The van der Waals surface area contributed by atoms with E-state index >= 15 is 0 Å². The van der Waals surface area contributed by atoms with Crippen LogP contribution in [0, 0.1) is 5.92 Å². The molecule has 3 atom stereocenters. The van der Waals surface area contributed by atoms with Crippen LogP contribution in [0.1, 0.15) is 18.9 Å². The molecule has 5 nitrogen and oxygen atoms in total. The Morgan fingerprint density at radius 2 is 2.11 bits per heavy atom. The van der Waals surface area contributed by atoms with Crippen molar-refractivity contribution < 1.29 is 24.1 Å². The number of ether oxygens (including phenoxy) is 3. The predicted octanol–water partition coefficient (Wildman–Crippen LogP) is 2.08. The van der Waals surface area contributed by atoms with Crippen molar-refractivity contribution in [2.45, 2.75) is 32.3 Å². The first-order valence-corrected chi connectivity index (χ1v) is 6.32. The first-order chi connectivity index (χ1) is 9.15. The molecule has 2 rings (SSSR count). The fourth-order valence-corrected chi connectivity index (χ4v) is 1.94. The minimum Gasteiger partial charge on any atom is -0.432 e. The number of rotatable bonds is 4. The molecule has 1 heterocycles. The van der Waals surface area contributed by atoms with Crippen LogP contribution in [0.5, 0.6) is 0 Å². The Hall–Kier alpha value is -1.59. The van der Waals surface area contributed by atoms with Crippen molar-refractivity contribution in [2.75, 3.05) is 6.61 Å². The molecule has 1 N–H and O–H groups in total. The number of carbonyl (C=O) groups is 1. The van der Waals surface area contributed by atoms with Crippen LogP contribution < -0.4 is 0 Å². The number of hydrogen-bond donors (Lipinski definition) is 1. The van der Waals surface area contributed by atoms with Gasteiger partial charge < -0.3 is 19.3 Å². The minimum absolute atomic E-state index is 0.0638. The Balaban J connectivity index is 1.65. The molecule has 1 aromatic rings. The Kier molecular flexibility index (Phi) is 4.76. The lowest BCUT2D eigenvalue weighted by Gasteiger charge is -2.11. The Labute approximate surface area is 112 Å². The molecular formula is C14H18O5. The molecular weight excluding hydrogens is 248 g/mol. The zero-order valence-electron chi connectivity index (χ0n) is 10.8. The van der Waals surface area contributed by atoms with Gasteiger partial charge in [-0.25, -0.2) is 4.79 Å². The molecule has 19 heavy (non-hydrogen) atoms. The van der Waals surface area contributed by atoms with Gasteiger partial charge in [0.15, 0.2) is 6.29 Å². The maximum atomic E-state index is 11.4. The van der Waals surface area contributed by atoms with Crippen LogP contribution in [-0.2, 0) is 20.8 Å². The predicted molar refractivity (Wildman–Crippen MR) is 67.2 cm³/mol. The van der Waals surface area contributed by atoms with E-state index in [9.17, 15) is 9.90 Å². The molecule has 3 unspecified atom stereocenters. The molecule has 1 aliphatic rings. The smallest absolute Gasteiger partial charge is 0.432 e. The van der Waals surface area contributed by atoms with Gasteiger partial charge in [-0.1, -0.05) is 37.3 Å². The largest absolute Gasteiger partial charge is 0.508 e. The highest BCUT2D eigenvalue weighted by molar-refractivity contribution is 5.59. The summed E-state index contributed by atoms with van der Waals surface area (Å²) in [6, 6.07) is 9.38. The lowest BCUT2D eigenvalue weighted by molar-refractivity contribution is -0.117. The fraction of sp³-hybridized carbons (Fsp3) is 0.500. The van der Waals surface area contributed by atoms with Gasteiger partial charge in [0, 0.05) is 5.92 Å². The summed E-state index contributed by atoms with van der Waals surface area (Å²) in [6.07, 6.45) is -1.07. The van der Waals surface area contributed by atoms with Gasteiger partial charge in [0.1, 0.15) is 13.2 Å². The van der Waals surface area contributed by atoms with Crippen LogP contribution in [-0.4, -0.2) is 30.3 Å². The second-order valence-corrected chi connectivity index (χ2v) is 4.70. The van der Waals surface area contributed by atoms with Crippen LogP contribution in [0.25, 0.3) is 0 Å². The van der Waals surface area contributed by atoms with Crippen molar-refractivity contribution in [1.29, 1.82) is 0 Å². The normalized spacial score (nSPS) is 26.1. The van der Waals surface area contributed by atoms with E-state index in [1.54, 1.807) is 0 Å². The second-order valence-electron chi connectivity index (χ2n) is 4.70. The second kappa shape index (κ2) is 6.54. The molecule has 0 radical (unpaired) electrons. The molecule has 1 fully saturated rings. The lowest BCUT2D eigenvalue weighted by atomic mass is 10.1. The van der Waals surface area contributed by atoms with E-state index in [0.29, 0.717) is 6.42 Å². The fourth-order valence-electron chi connectivity index (χ4n) is 1.94. The van der Waals surface area contributed by atoms with Gasteiger partial charge in [-0.2, -0.15) is 0 Å². The van der Waals surface area contributed by atoms with Crippen molar-refractivity contribution in [1.82, 2.24) is 0 Å². The molecule has 0 aliphatic carbocycles. The Bertz CT molecular complexity index is 396. The maximum absolute atomic E-state index is 11.4. The Morgan fingerprint density at radius 1 is 1.37 bits per heavy atom. The van der Waals surface area contributed by atoms with Crippen LogP contribution >= 0.6 is 0 Å². The number of carbonyl (C=O) groups excluding carboxylic acids is 1. The molecule has 1 aliphatic heterocycles. The molecule has 1 aromatic carbocycles. The van der Waals surface area contributed by atoms with Gasteiger partial charge in [0.2, 0.25) is 0 Å². The first kappa shape index (κ1) is 13.8. The third kappa shape index (κ3) is 4.22. The third-order valence-corrected chi connectivity index (χ3v) is 3.04. The summed E-state index contributed by atoms with van der Waals surface area (Å²) < 4.78 is 15.1. The summed E-state index contributed by atoms with van der Waals surface area (Å²) >= 11 is 0. The van der Waals surface area contributed by atoms with Gasteiger partial charge in [-0.05, 0) is 12.0 Å². The maximum Gasteiger partial charge on any atom is 0.508 e. The zero-order valence-corrected chi connectivity index (χ0v) is 10.8. The lowest BCUT2D eigenvalue weighted by Crippen LogP contribution is -2.20. The van der Waals surface area contributed by atoms with Crippen LogP contribution in [0.15, 0.2) is 30.3 Å². The number of hydrogen-bond acceptors (Lipinski definition) is 5. The highest BCUT2D eigenvalue weighted by atomic mass is 16.7. The van der Waals surface area contributed by atoms with Crippen molar-refractivity contribution in [3.8, 4) is 0 Å². The van der Waals surface area contributed by atoms with Gasteiger partial charge in [0.05, 0.1) is 6.10 Å². The van der Waals surface area contributed by atoms with E-state index in [2.05, 4.69) is 0 Å². The molecule has 5 heteroatoms. The standard InChI is InChI=1S/C14H18O5/c1-10-7-12(19-13(10)15)9-18-14(16)17-8-11-5-3-2-4-6-11/h2-6,10,12-13,15H,7-9H2,1H3. The average Bonchev–Trinajstić information content (AvgIpc) is 2.74. The van der Waals surface area contributed by atoms with Gasteiger partial charge in [-0.15, -0.1) is 0 Å². The van der Waals surface area contributed by atoms with Crippen LogP contribution in [0.3, 0.4) is 0 Å². The minimum atomic E-state index is -0.770. The van der Waals surface area contributed by atoms with Crippen molar-refractivity contribution >= 4 is 6.16 Å². The van der Waals surface area contributed by atoms with Gasteiger partial charge >= 0.3 is 6.16 Å². The van der Waals surface area contributed by atoms with E-state index in [-0.39, 0.29) is 25.2 Å². The summed E-state index contributed by atoms with van der Waals surface area (Å²) in [4.78, 5) is 11.4. The third-order valence-electron chi connectivity index (χ3n) is 3.04. The summed E-state index contributed by atoms with van der Waals surface area (Å²) in [5.74, 6) is 0.0638. The molecule has 0 amide bonds. The topological polar surface area (TPSA) is 65.0 Å². The molecule has 1 saturated heterocycles. The van der Waals surface area contributed by atoms with E-state index in [4.69, 9.17) is 14.2 Å². The summed E-state index contributed by atoms with van der Waals surface area (Å²) in [5, 5.41) is 9.39. The van der Waals surface area contributed by atoms with Gasteiger partial charge in [-0.3, -0.25) is 0 Å². The molecule has 0 bridgehead atoms. The van der Waals surface area contributed by atoms with Gasteiger partial charge in [0.25, 0.3) is 0 Å². The zero-order chi connectivity index (χ0) is 13.7. The molecule has 0 aromatic heterocycles. The Morgan fingerprint density at radius 3 is 2.74 bits per heavy atom. The van der Waals surface area contributed by atoms with Crippen molar-refractivity contribution in [2.24, 2.45) is 5.92 Å². The van der Waals surface area contributed by atoms with E-state index in [0.717, 1.165) is 5.56 Å². The summed E-state index contributed by atoms with van der Waals surface area (Å²) in [5.41, 5.74) is 0.903. The van der Waals surface area contributed by atoms with E-state index < -0.39 is 12.4 Å². The molecule has 0 spiro atoms. The molecule has 0 saturated carbocycles. The number of aliphatic hydroxyl groups excluding tert-OH is 1. The van der Waals surface area contributed by atoms with E-state index in [1.165, 1.54) is 0 Å². The first-order valence-electron chi connectivity index (χ1n) is 6.32. The highest BCUT2D eigenvalue weighted by Gasteiger charge is 2.31. The van der Waals surface area contributed by atoms with Crippen molar-refractivity contribution in [3.05, 3.63) is 35.9 Å². The summed E-state index contributed by atoms with van der Waals surface area (Å²) in [6.45, 7) is 2.18.